The normalized spacial score (nSPS) is 12.1. The van der Waals surface area contributed by atoms with Crippen LogP contribution >= 0.6 is 11.8 Å². The second-order valence-corrected chi connectivity index (χ2v) is 9.01. The quantitative estimate of drug-likeness (QED) is 0.674. The van der Waals surface area contributed by atoms with Crippen molar-refractivity contribution in [2.45, 2.75) is 39.5 Å². The number of anilines is 1. The Bertz CT molecular complexity index is 543. The fourth-order valence-corrected chi connectivity index (χ4v) is 4.60. The van der Waals surface area contributed by atoms with Gasteiger partial charge in [-0.15, -0.1) is 0 Å². The van der Waals surface area contributed by atoms with Crippen molar-refractivity contribution in [2.24, 2.45) is 5.73 Å². The summed E-state index contributed by atoms with van der Waals surface area (Å²) in [5.41, 5.74) is 8.27. The molecular formula is C16H28N2O2S2. The summed E-state index contributed by atoms with van der Waals surface area (Å²) < 4.78 is 27.5. The largest absolute Gasteiger partial charge is 0.330 e. The lowest BCUT2D eigenvalue weighted by molar-refractivity contribution is 0.602. The molecule has 3 N–H and O–H groups in total. The molecule has 0 aliphatic carbocycles. The molecule has 1 rings (SSSR count). The van der Waals surface area contributed by atoms with Gasteiger partial charge in [-0.05, 0) is 23.0 Å². The molecule has 0 amide bonds. The molecular weight excluding hydrogens is 316 g/mol. The number of nitrogens with one attached hydrogen (secondary N) is 1. The molecule has 0 fully saturated rings. The van der Waals surface area contributed by atoms with E-state index in [-0.39, 0.29) is 17.6 Å². The zero-order valence-corrected chi connectivity index (χ0v) is 15.6. The fraction of sp³-hybridized carbons (Fsp3) is 0.625. The minimum absolute atomic E-state index is 0.113. The predicted molar refractivity (Wildman–Crippen MR) is 98.4 cm³/mol. The Morgan fingerprint density at radius 2 is 1.64 bits per heavy atom. The smallest absolute Gasteiger partial charge is 0.233 e. The molecule has 0 spiro atoms. The van der Waals surface area contributed by atoms with Crippen LogP contribution in [0.25, 0.3) is 0 Å². The summed E-state index contributed by atoms with van der Waals surface area (Å²) in [6.45, 7) is 8.89. The number of hydrogen-bond acceptors (Lipinski definition) is 4. The topological polar surface area (TPSA) is 72.2 Å². The Hall–Kier alpha value is -0.720. The van der Waals surface area contributed by atoms with E-state index >= 15 is 0 Å². The van der Waals surface area contributed by atoms with Gasteiger partial charge in [0.1, 0.15) is 0 Å². The molecule has 4 nitrogen and oxygen atoms in total. The summed E-state index contributed by atoms with van der Waals surface area (Å²) >= 11 is 1.57. The van der Waals surface area contributed by atoms with Crippen LogP contribution < -0.4 is 10.5 Å². The first-order chi connectivity index (χ1) is 10.3. The molecule has 0 unspecified atom stereocenters. The van der Waals surface area contributed by atoms with Gasteiger partial charge in [0.05, 0.1) is 11.4 Å². The van der Waals surface area contributed by atoms with Crippen LogP contribution in [0.15, 0.2) is 18.2 Å². The molecule has 0 saturated carbocycles. The van der Waals surface area contributed by atoms with Crippen LogP contribution in [0.4, 0.5) is 5.69 Å². The van der Waals surface area contributed by atoms with Gasteiger partial charge >= 0.3 is 0 Å². The molecule has 6 heteroatoms. The summed E-state index contributed by atoms with van der Waals surface area (Å²) in [5, 5.41) is 0. The Kier molecular flexibility index (Phi) is 7.72. The van der Waals surface area contributed by atoms with Gasteiger partial charge < -0.3 is 5.73 Å². The lowest BCUT2D eigenvalue weighted by atomic mass is 9.93. The average Bonchev–Trinajstić information content (AvgIpc) is 2.43. The van der Waals surface area contributed by atoms with Gasteiger partial charge in [-0.3, -0.25) is 4.72 Å². The van der Waals surface area contributed by atoms with Gasteiger partial charge in [0.15, 0.2) is 0 Å². The Labute approximate surface area is 139 Å². The van der Waals surface area contributed by atoms with Crippen molar-refractivity contribution >= 4 is 27.5 Å². The number of benzene rings is 1. The molecule has 0 atom stereocenters. The van der Waals surface area contributed by atoms with Crippen molar-refractivity contribution in [3.05, 3.63) is 29.3 Å². The predicted octanol–water partition coefficient (Wildman–Crippen LogP) is 3.37. The van der Waals surface area contributed by atoms with Crippen LogP contribution in [-0.4, -0.2) is 32.2 Å². The maximum atomic E-state index is 12.4. The van der Waals surface area contributed by atoms with Crippen molar-refractivity contribution in [2.75, 3.05) is 28.5 Å². The molecule has 0 bridgehead atoms. The number of sulfonamides is 1. The molecule has 0 radical (unpaired) electrons. The number of rotatable bonds is 9. The molecule has 22 heavy (non-hydrogen) atoms. The van der Waals surface area contributed by atoms with E-state index in [0.29, 0.717) is 12.3 Å². The highest BCUT2D eigenvalue weighted by Crippen LogP contribution is 2.33. The first-order valence-electron chi connectivity index (χ1n) is 7.69. The van der Waals surface area contributed by atoms with E-state index in [4.69, 9.17) is 5.73 Å². The van der Waals surface area contributed by atoms with Crippen LogP contribution in [0, 0.1) is 0 Å². The monoisotopic (exact) mass is 344 g/mol. The fourth-order valence-electron chi connectivity index (χ4n) is 2.23. The average molecular weight is 345 g/mol. The molecule has 1 aromatic rings. The summed E-state index contributed by atoms with van der Waals surface area (Å²) in [6.07, 6.45) is 0. The third kappa shape index (κ3) is 5.82. The van der Waals surface area contributed by atoms with E-state index in [2.05, 4.69) is 32.4 Å². The van der Waals surface area contributed by atoms with Crippen LogP contribution in [-0.2, 0) is 10.0 Å². The molecule has 0 aliphatic rings. The lowest BCUT2D eigenvalue weighted by Crippen LogP contribution is -2.21. The highest BCUT2D eigenvalue weighted by molar-refractivity contribution is 8.00. The highest BCUT2D eigenvalue weighted by atomic mass is 32.2. The van der Waals surface area contributed by atoms with Crippen molar-refractivity contribution in [1.29, 1.82) is 0 Å². The standard InChI is InChI=1S/C16H28N2O2S2/c1-12(2)14-6-5-7-15(13(3)4)16(14)18-22(19,20)11-10-21-9-8-17/h5-7,12-13,18H,8-11,17H2,1-4H3. The summed E-state index contributed by atoms with van der Waals surface area (Å²) in [4.78, 5) is 0. The zero-order valence-electron chi connectivity index (χ0n) is 13.9. The molecule has 0 aromatic heterocycles. The Balaban J connectivity index is 2.99. The van der Waals surface area contributed by atoms with Gasteiger partial charge in [0.2, 0.25) is 10.0 Å². The van der Waals surface area contributed by atoms with Gasteiger partial charge in [-0.1, -0.05) is 45.9 Å². The van der Waals surface area contributed by atoms with Crippen LogP contribution in [0.3, 0.4) is 0 Å². The second-order valence-electron chi connectivity index (χ2n) is 5.94. The number of hydrogen-bond donors (Lipinski definition) is 2. The minimum atomic E-state index is -3.34. The van der Waals surface area contributed by atoms with E-state index < -0.39 is 10.0 Å². The van der Waals surface area contributed by atoms with E-state index in [1.807, 2.05) is 18.2 Å². The number of nitrogens with two attached hydrogens (primary N) is 1. The molecule has 0 saturated heterocycles. The van der Waals surface area contributed by atoms with Crippen molar-refractivity contribution < 1.29 is 8.42 Å². The Morgan fingerprint density at radius 3 is 2.09 bits per heavy atom. The Morgan fingerprint density at radius 1 is 1.09 bits per heavy atom. The van der Waals surface area contributed by atoms with Crippen molar-refractivity contribution in [3.63, 3.8) is 0 Å². The van der Waals surface area contributed by atoms with E-state index in [1.54, 1.807) is 11.8 Å². The van der Waals surface area contributed by atoms with Crippen LogP contribution in [0.5, 0.6) is 0 Å². The third-order valence-corrected chi connectivity index (χ3v) is 5.92. The van der Waals surface area contributed by atoms with E-state index in [9.17, 15) is 8.42 Å². The summed E-state index contributed by atoms with van der Waals surface area (Å²) in [5.74, 6) is 2.00. The lowest BCUT2D eigenvalue weighted by Gasteiger charge is -2.20. The highest BCUT2D eigenvalue weighted by Gasteiger charge is 2.18. The van der Waals surface area contributed by atoms with E-state index in [1.165, 1.54) is 0 Å². The van der Waals surface area contributed by atoms with Gasteiger partial charge in [-0.2, -0.15) is 11.8 Å². The van der Waals surface area contributed by atoms with Crippen LogP contribution in [0.1, 0.15) is 50.7 Å². The molecule has 0 aliphatic heterocycles. The molecule has 1 aromatic carbocycles. The first-order valence-corrected chi connectivity index (χ1v) is 10.5. The van der Waals surface area contributed by atoms with E-state index in [0.717, 1.165) is 22.6 Å². The van der Waals surface area contributed by atoms with Crippen molar-refractivity contribution in [1.82, 2.24) is 0 Å². The maximum absolute atomic E-state index is 12.4. The van der Waals surface area contributed by atoms with Gasteiger partial charge in [0, 0.05) is 18.1 Å². The van der Waals surface area contributed by atoms with Gasteiger partial charge in [-0.25, -0.2) is 8.42 Å². The SMILES string of the molecule is CC(C)c1cccc(C(C)C)c1NS(=O)(=O)CCSCCN. The first kappa shape index (κ1) is 19.3. The molecule has 0 heterocycles. The second kappa shape index (κ2) is 8.79. The minimum Gasteiger partial charge on any atom is -0.330 e. The van der Waals surface area contributed by atoms with Crippen molar-refractivity contribution in [3.8, 4) is 0 Å². The maximum Gasteiger partial charge on any atom is 0.233 e. The van der Waals surface area contributed by atoms with Crippen LogP contribution in [0.2, 0.25) is 0 Å². The third-order valence-electron chi connectivity index (χ3n) is 3.39. The molecule has 126 valence electrons. The van der Waals surface area contributed by atoms with Gasteiger partial charge in [0.25, 0.3) is 0 Å². The number of para-hydroxylation sites is 1. The summed E-state index contributed by atoms with van der Waals surface area (Å²) in [7, 11) is -3.34. The number of thioether (sulfide) groups is 1. The zero-order chi connectivity index (χ0) is 16.8. The summed E-state index contributed by atoms with van der Waals surface area (Å²) in [6, 6.07) is 5.99.